The lowest BCUT2D eigenvalue weighted by atomic mass is 10.0. The van der Waals surface area contributed by atoms with E-state index in [0.29, 0.717) is 6.42 Å². The van der Waals surface area contributed by atoms with Gasteiger partial charge in [0.15, 0.2) is 0 Å². The highest BCUT2D eigenvalue weighted by molar-refractivity contribution is 14.1. The molecule has 4 heteroatoms. The molecule has 1 aliphatic heterocycles. The maximum Gasteiger partial charge on any atom is 0.313 e. The maximum atomic E-state index is 11.2. The largest absolute Gasteiger partial charge is 0.457 e. The standard InChI is InChI=1S/C11H9IO3/c12-8-3-1-7(2-4-8)10-5-9(13)6-11(14)15-10/h1-4,10H,5-6H2. The molecule has 0 amide bonds. The molecule has 1 heterocycles. The Morgan fingerprint density at radius 3 is 2.47 bits per heavy atom. The molecule has 0 N–H and O–H groups in total. The summed E-state index contributed by atoms with van der Waals surface area (Å²) >= 11 is 2.20. The highest BCUT2D eigenvalue weighted by atomic mass is 127. The summed E-state index contributed by atoms with van der Waals surface area (Å²) < 4.78 is 6.24. The van der Waals surface area contributed by atoms with Crippen LogP contribution >= 0.6 is 22.6 Å². The summed E-state index contributed by atoms with van der Waals surface area (Å²) in [6.45, 7) is 0. The highest BCUT2D eigenvalue weighted by Gasteiger charge is 2.27. The summed E-state index contributed by atoms with van der Waals surface area (Å²) in [5.41, 5.74) is 0.886. The van der Waals surface area contributed by atoms with E-state index >= 15 is 0 Å². The van der Waals surface area contributed by atoms with Crippen LogP contribution < -0.4 is 0 Å². The molecule has 0 aliphatic carbocycles. The number of Topliss-reactive ketones (excluding diaryl/α,β-unsaturated/α-hetero) is 1. The molecular weight excluding hydrogens is 307 g/mol. The van der Waals surface area contributed by atoms with Gasteiger partial charge < -0.3 is 4.74 Å². The molecule has 0 bridgehead atoms. The van der Waals surface area contributed by atoms with E-state index < -0.39 is 12.1 Å². The van der Waals surface area contributed by atoms with E-state index in [1.807, 2.05) is 24.3 Å². The number of carbonyl (C=O) groups excluding carboxylic acids is 2. The third kappa shape index (κ3) is 2.56. The zero-order valence-electron chi connectivity index (χ0n) is 7.90. The quantitative estimate of drug-likeness (QED) is 0.453. The molecular formula is C11H9IO3. The van der Waals surface area contributed by atoms with Crippen LogP contribution in [0.5, 0.6) is 0 Å². The molecule has 0 radical (unpaired) electrons. The van der Waals surface area contributed by atoms with Gasteiger partial charge in [-0.1, -0.05) is 12.1 Å². The molecule has 1 aromatic rings. The van der Waals surface area contributed by atoms with Crippen molar-refractivity contribution in [1.82, 2.24) is 0 Å². The van der Waals surface area contributed by atoms with E-state index in [1.165, 1.54) is 0 Å². The first-order valence-electron chi connectivity index (χ1n) is 4.62. The Bertz CT molecular complexity index is 381. The number of benzene rings is 1. The second kappa shape index (κ2) is 4.30. The molecule has 1 aliphatic rings. The van der Waals surface area contributed by atoms with Crippen molar-refractivity contribution in [2.75, 3.05) is 0 Å². The van der Waals surface area contributed by atoms with E-state index in [0.717, 1.165) is 9.13 Å². The summed E-state index contributed by atoms with van der Waals surface area (Å²) in [5, 5.41) is 0. The van der Waals surface area contributed by atoms with Gasteiger partial charge in [-0.15, -0.1) is 0 Å². The fraction of sp³-hybridized carbons (Fsp3) is 0.273. The zero-order valence-corrected chi connectivity index (χ0v) is 10.1. The van der Waals surface area contributed by atoms with E-state index in [1.54, 1.807) is 0 Å². The minimum Gasteiger partial charge on any atom is -0.457 e. The Morgan fingerprint density at radius 2 is 1.87 bits per heavy atom. The minimum atomic E-state index is -0.421. The van der Waals surface area contributed by atoms with Gasteiger partial charge in [0.1, 0.15) is 18.3 Å². The van der Waals surface area contributed by atoms with Crippen LogP contribution in [0.1, 0.15) is 24.5 Å². The predicted molar refractivity (Wildman–Crippen MR) is 62.2 cm³/mol. The third-order valence-corrected chi connectivity index (χ3v) is 2.99. The first kappa shape index (κ1) is 10.6. The average Bonchev–Trinajstić information content (AvgIpc) is 2.17. The maximum absolute atomic E-state index is 11.2. The number of cyclic esters (lactones) is 1. The Kier molecular flexibility index (Phi) is 3.04. The molecule has 1 saturated heterocycles. The normalized spacial score (nSPS) is 21.3. The summed E-state index contributed by atoms with van der Waals surface area (Å²) in [6.07, 6.45) is -0.177. The van der Waals surface area contributed by atoms with Gasteiger partial charge in [-0.05, 0) is 40.3 Å². The van der Waals surface area contributed by atoms with Crippen LogP contribution in [0.2, 0.25) is 0 Å². The summed E-state index contributed by atoms with van der Waals surface area (Å²) in [7, 11) is 0. The van der Waals surface area contributed by atoms with Crippen molar-refractivity contribution in [3.05, 3.63) is 33.4 Å². The lowest BCUT2D eigenvalue weighted by Crippen LogP contribution is -2.24. The minimum absolute atomic E-state index is 0.0465. The molecule has 78 valence electrons. The number of hydrogen-bond donors (Lipinski definition) is 0. The Balaban J connectivity index is 2.19. The first-order valence-corrected chi connectivity index (χ1v) is 5.69. The van der Waals surface area contributed by atoms with E-state index in [-0.39, 0.29) is 12.2 Å². The monoisotopic (exact) mass is 316 g/mol. The van der Waals surface area contributed by atoms with Crippen molar-refractivity contribution in [3.63, 3.8) is 0 Å². The van der Waals surface area contributed by atoms with Gasteiger partial charge in [0, 0.05) is 9.99 Å². The summed E-state index contributed by atoms with van der Waals surface area (Å²) in [6, 6.07) is 7.64. The number of ether oxygens (including phenoxy) is 1. The van der Waals surface area contributed by atoms with Gasteiger partial charge in [0.2, 0.25) is 0 Å². The SMILES string of the molecule is O=C1CC(=O)OC(c2ccc(I)cc2)C1. The smallest absolute Gasteiger partial charge is 0.313 e. The van der Waals surface area contributed by atoms with Crippen LogP contribution in [0, 0.1) is 3.57 Å². The number of hydrogen-bond acceptors (Lipinski definition) is 3. The number of ketones is 1. The topological polar surface area (TPSA) is 43.4 Å². The van der Waals surface area contributed by atoms with Crippen LogP contribution in [0.15, 0.2) is 24.3 Å². The predicted octanol–water partition coefficient (Wildman–Crippen LogP) is 2.24. The van der Waals surface area contributed by atoms with Crippen LogP contribution in [-0.4, -0.2) is 11.8 Å². The Labute approximate surface area is 101 Å². The van der Waals surface area contributed by atoms with Gasteiger partial charge in [0.05, 0.1) is 0 Å². The molecule has 2 rings (SSSR count). The molecule has 0 aromatic heterocycles. The van der Waals surface area contributed by atoms with E-state index in [4.69, 9.17) is 4.74 Å². The van der Waals surface area contributed by atoms with Crippen molar-refractivity contribution in [2.24, 2.45) is 0 Å². The van der Waals surface area contributed by atoms with Gasteiger partial charge >= 0.3 is 5.97 Å². The van der Waals surface area contributed by atoms with Crippen LogP contribution in [0.3, 0.4) is 0 Å². The molecule has 15 heavy (non-hydrogen) atoms. The Hall–Kier alpha value is -0.910. The summed E-state index contributed by atoms with van der Waals surface area (Å²) in [4.78, 5) is 22.3. The second-order valence-electron chi connectivity index (χ2n) is 3.45. The fourth-order valence-corrected chi connectivity index (χ4v) is 1.90. The molecule has 1 aromatic carbocycles. The van der Waals surface area contributed by atoms with Crippen LogP contribution in [0.4, 0.5) is 0 Å². The van der Waals surface area contributed by atoms with Crippen molar-refractivity contribution < 1.29 is 14.3 Å². The van der Waals surface area contributed by atoms with Crippen LogP contribution in [-0.2, 0) is 14.3 Å². The van der Waals surface area contributed by atoms with Crippen molar-refractivity contribution in [3.8, 4) is 0 Å². The third-order valence-electron chi connectivity index (χ3n) is 2.27. The molecule has 0 spiro atoms. The zero-order chi connectivity index (χ0) is 10.8. The fourth-order valence-electron chi connectivity index (χ4n) is 1.55. The lowest BCUT2D eigenvalue weighted by molar-refractivity contribution is -0.158. The Morgan fingerprint density at radius 1 is 1.20 bits per heavy atom. The van der Waals surface area contributed by atoms with Crippen molar-refractivity contribution in [2.45, 2.75) is 18.9 Å². The summed E-state index contributed by atoms with van der Waals surface area (Å²) in [5.74, 6) is -0.468. The molecule has 3 nitrogen and oxygen atoms in total. The van der Waals surface area contributed by atoms with E-state index in [2.05, 4.69) is 22.6 Å². The lowest BCUT2D eigenvalue weighted by Gasteiger charge is -2.21. The van der Waals surface area contributed by atoms with Gasteiger partial charge in [-0.3, -0.25) is 9.59 Å². The highest BCUT2D eigenvalue weighted by Crippen LogP contribution is 2.26. The van der Waals surface area contributed by atoms with Crippen molar-refractivity contribution in [1.29, 1.82) is 0 Å². The first-order chi connectivity index (χ1) is 7.15. The number of halogens is 1. The molecule has 1 unspecified atom stereocenters. The molecule has 1 atom stereocenters. The number of esters is 1. The second-order valence-corrected chi connectivity index (χ2v) is 4.70. The number of rotatable bonds is 1. The molecule has 1 fully saturated rings. The average molecular weight is 316 g/mol. The van der Waals surface area contributed by atoms with Crippen molar-refractivity contribution >= 4 is 34.3 Å². The van der Waals surface area contributed by atoms with Gasteiger partial charge in [-0.25, -0.2) is 0 Å². The van der Waals surface area contributed by atoms with Gasteiger partial charge in [-0.2, -0.15) is 0 Å². The van der Waals surface area contributed by atoms with Crippen LogP contribution in [0.25, 0.3) is 0 Å². The number of carbonyl (C=O) groups is 2. The molecule has 0 saturated carbocycles. The van der Waals surface area contributed by atoms with E-state index in [9.17, 15) is 9.59 Å². The van der Waals surface area contributed by atoms with Gasteiger partial charge in [0.25, 0.3) is 0 Å².